The fraction of sp³-hybridized carbons (Fsp3) is 0.393. The summed E-state index contributed by atoms with van der Waals surface area (Å²) in [7, 11) is 0. The van der Waals surface area contributed by atoms with Gasteiger partial charge in [-0.1, -0.05) is 0 Å². The molecular formula is C28H29F2N5O2. The first-order chi connectivity index (χ1) is 18.1. The van der Waals surface area contributed by atoms with Gasteiger partial charge in [-0.3, -0.25) is 0 Å². The van der Waals surface area contributed by atoms with Gasteiger partial charge in [0.1, 0.15) is 5.82 Å². The molecule has 2 amide bonds. The summed E-state index contributed by atoms with van der Waals surface area (Å²) in [6, 6.07) is 7.55. The number of benzene rings is 1. The van der Waals surface area contributed by atoms with Gasteiger partial charge in [0.2, 0.25) is 0 Å². The second-order valence-electron chi connectivity index (χ2n) is 10.0. The number of aromatic amines is 1. The largest absolute Gasteiger partial charge is 0.490 e. The van der Waals surface area contributed by atoms with Crippen LogP contribution in [0.4, 0.5) is 13.6 Å². The molecule has 3 aromatic heterocycles. The summed E-state index contributed by atoms with van der Waals surface area (Å²) in [6.45, 7) is 3.00. The Morgan fingerprint density at radius 2 is 1.92 bits per heavy atom. The van der Waals surface area contributed by atoms with Crippen LogP contribution in [0.2, 0.25) is 0 Å². The lowest BCUT2D eigenvalue weighted by atomic mass is 9.87. The average Bonchev–Trinajstić information content (AvgIpc) is 3.41. The number of rotatable bonds is 4. The fourth-order valence-electron chi connectivity index (χ4n) is 5.78. The van der Waals surface area contributed by atoms with Crippen molar-refractivity contribution in [2.24, 2.45) is 5.92 Å². The maximum Gasteiger partial charge on any atom is 0.320 e. The number of H-pyrrole nitrogens is 1. The minimum atomic E-state index is -0.706. The van der Waals surface area contributed by atoms with E-state index in [0.29, 0.717) is 38.7 Å². The van der Waals surface area contributed by atoms with Crippen LogP contribution in [0.25, 0.3) is 21.9 Å². The molecule has 2 saturated heterocycles. The number of urea groups is 1. The predicted molar refractivity (Wildman–Crippen MR) is 136 cm³/mol. The molecule has 0 bridgehead atoms. The molecule has 1 atom stereocenters. The molecule has 2 aliphatic rings. The van der Waals surface area contributed by atoms with Crippen molar-refractivity contribution < 1.29 is 18.3 Å². The van der Waals surface area contributed by atoms with Gasteiger partial charge in [-0.2, -0.15) is 0 Å². The van der Waals surface area contributed by atoms with Gasteiger partial charge in [0.25, 0.3) is 0 Å². The number of likely N-dealkylation sites (tertiary alicyclic amines) is 2. The third-order valence-corrected chi connectivity index (χ3v) is 7.69. The molecule has 0 spiro atoms. The predicted octanol–water partition coefficient (Wildman–Crippen LogP) is 5.48. The van der Waals surface area contributed by atoms with Crippen molar-refractivity contribution in [1.82, 2.24) is 24.8 Å². The van der Waals surface area contributed by atoms with Gasteiger partial charge >= 0.3 is 6.03 Å². The summed E-state index contributed by atoms with van der Waals surface area (Å²) in [5.74, 6) is -0.823. The smallest absolute Gasteiger partial charge is 0.320 e. The molecule has 0 saturated carbocycles. The highest BCUT2D eigenvalue weighted by atomic mass is 19.1. The van der Waals surface area contributed by atoms with E-state index in [1.54, 1.807) is 6.20 Å². The summed E-state index contributed by atoms with van der Waals surface area (Å²) in [6.07, 6.45) is 9.18. The highest BCUT2D eigenvalue weighted by Gasteiger charge is 2.31. The third-order valence-electron chi connectivity index (χ3n) is 7.69. The standard InChI is InChI=1S/C28H29F2N5O2/c29-20-3-4-25(23(30)14-20)37-17-18-2-1-11-35(16-18)28(36)34-12-7-19(8-13-34)21-5-9-31-24-15-33-27-22(26(21)24)6-10-32-27/h3-6,9-10,14-15,18-19,31H,1-2,7-8,11-13,16-17H2. The Kier molecular flexibility index (Phi) is 6.36. The highest BCUT2D eigenvalue weighted by molar-refractivity contribution is 6.05. The van der Waals surface area contributed by atoms with Crippen molar-refractivity contribution in [3.63, 3.8) is 0 Å². The number of carbonyl (C=O) groups excluding carboxylic acids is 1. The van der Waals surface area contributed by atoms with Gasteiger partial charge in [-0.05, 0) is 61.4 Å². The maximum atomic E-state index is 13.9. The monoisotopic (exact) mass is 505 g/mol. The Morgan fingerprint density at radius 1 is 1.05 bits per heavy atom. The molecule has 1 unspecified atom stereocenters. The molecule has 4 aromatic rings. The molecule has 1 aromatic carbocycles. The highest BCUT2D eigenvalue weighted by Crippen LogP contribution is 2.35. The Morgan fingerprint density at radius 3 is 2.76 bits per heavy atom. The minimum absolute atomic E-state index is 0.0449. The topological polar surface area (TPSA) is 74.4 Å². The molecule has 7 nitrogen and oxygen atoms in total. The van der Waals surface area contributed by atoms with Gasteiger partial charge in [-0.25, -0.2) is 23.5 Å². The van der Waals surface area contributed by atoms with E-state index in [2.05, 4.69) is 21.0 Å². The average molecular weight is 506 g/mol. The Hall–Kier alpha value is -3.75. The molecule has 0 radical (unpaired) electrons. The van der Waals surface area contributed by atoms with Crippen molar-refractivity contribution in [3.05, 3.63) is 66.1 Å². The number of aromatic nitrogens is 3. The van der Waals surface area contributed by atoms with Gasteiger partial charge in [0.15, 0.2) is 17.2 Å². The molecular weight excluding hydrogens is 476 g/mol. The normalized spacial score (nSPS) is 19.0. The molecule has 5 heterocycles. The number of hydrogen-bond acceptors (Lipinski definition) is 4. The molecule has 2 fully saturated rings. The second kappa shape index (κ2) is 9.95. The van der Waals surface area contributed by atoms with E-state index in [0.717, 1.165) is 48.3 Å². The number of carbonyl (C=O) groups is 1. The zero-order chi connectivity index (χ0) is 25.4. The Labute approximate surface area is 213 Å². The van der Waals surface area contributed by atoms with E-state index in [4.69, 9.17) is 4.74 Å². The number of fused-ring (bicyclic) bond motifs is 3. The number of piperidine rings is 2. The van der Waals surface area contributed by atoms with Crippen molar-refractivity contribution in [1.29, 1.82) is 0 Å². The second-order valence-corrected chi connectivity index (χ2v) is 10.0. The molecule has 2 aliphatic heterocycles. The van der Waals surface area contributed by atoms with Gasteiger partial charge in [0, 0.05) is 61.3 Å². The first-order valence-electron chi connectivity index (χ1n) is 12.9. The van der Waals surface area contributed by atoms with Crippen molar-refractivity contribution in [2.75, 3.05) is 32.8 Å². The summed E-state index contributed by atoms with van der Waals surface area (Å²) < 4.78 is 32.7. The maximum absolute atomic E-state index is 13.9. The van der Waals surface area contributed by atoms with Crippen LogP contribution in [-0.2, 0) is 0 Å². The molecule has 1 N–H and O–H groups in total. The number of nitrogens with one attached hydrogen (secondary N) is 1. The fourth-order valence-corrected chi connectivity index (χ4v) is 5.78. The van der Waals surface area contributed by atoms with Crippen LogP contribution in [-0.4, -0.2) is 63.6 Å². The lowest BCUT2D eigenvalue weighted by molar-refractivity contribution is 0.104. The van der Waals surface area contributed by atoms with E-state index in [9.17, 15) is 13.6 Å². The van der Waals surface area contributed by atoms with Crippen LogP contribution >= 0.6 is 0 Å². The van der Waals surface area contributed by atoms with Crippen LogP contribution in [0.5, 0.6) is 5.75 Å². The SMILES string of the molecule is O=C(N1CCC(c2cc[nH]c3cnc4nccc4c23)CC1)N1CCCC(COc2ccc(F)cc2F)C1. The van der Waals surface area contributed by atoms with Crippen molar-refractivity contribution in [2.45, 2.75) is 31.6 Å². The van der Waals surface area contributed by atoms with Gasteiger partial charge in [0.05, 0.1) is 18.3 Å². The summed E-state index contributed by atoms with van der Waals surface area (Å²) in [5, 5.41) is 2.23. The van der Waals surface area contributed by atoms with Crippen LogP contribution in [0.15, 0.2) is 48.9 Å². The Balaban J connectivity index is 1.08. The lowest BCUT2D eigenvalue weighted by Gasteiger charge is -2.39. The van der Waals surface area contributed by atoms with E-state index in [-0.39, 0.29) is 17.7 Å². The summed E-state index contributed by atoms with van der Waals surface area (Å²) in [5.41, 5.74) is 3.04. The Bertz CT molecular complexity index is 1430. The zero-order valence-electron chi connectivity index (χ0n) is 20.5. The number of nitrogens with zero attached hydrogens (tertiary/aromatic N) is 4. The first-order valence-corrected chi connectivity index (χ1v) is 12.9. The summed E-state index contributed by atoms with van der Waals surface area (Å²) >= 11 is 0. The molecule has 6 rings (SSSR count). The molecule has 0 aliphatic carbocycles. The molecule has 9 heteroatoms. The lowest BCUT2D eigenvalue weighted by Crippen LogP contribution is -2.50. The van der Waals surface area contributed by atoms with E-state index < -0.39 is 11.6 Å². The van der Waals surface area contributed by atoms with Crippen LogP contribution in [0, 0.1) is 17.6 Å². The minimum Gasteiger partial charge on any atom is -0.490 e. The first kappa shape index (κ1) is 23.6. The number of halogens is 2. The van der Waals surface area contributed by atoms with Crippen molar-refractivity contribution in [3.8, 4) is 5.75 Å². The number of hydrogen-bond donors (Lipinski definition) is 1. The zero-order valence-corrected chi connectivity index (χ0v) is 20.5. The van der Waals surface area contributed by atoms with Crippen molar-refractivity contribution >= 4 is 28.0 Å². The number of ether oxygens (including phenoxy) is 1. The van der Waals surface area contributed by atoms with E-state index in [1.165, 1.54) is 23.1 Å². The number of amides is 2. The third kappa shape index (κ3) is 4.70. The van der Waals surface area contributed by atoms with E-state index >= 15 is 0 Å². The van der Waals surface area contributed by atoms with Crippen LogP contribution < -0.4 is 4.74 Å². The summed E-state index contributed by atoms with van der Waals surface area (Å²) in [4.78, 5) is 29.3. The number of pyridine rings is 2. The van der Waals surface area contributed by atoms with E-state index in [1.807, 2.05) is 28.3 Å². The molecule has 192 valence electrons. The quantitative estimate of drug-likeness (QED) is 0.399. The van der Waals surface area contributed by atoms with Crippen LogP contribution in [0.3, 0.4) is 0 Å². The van der Waals surface area contributed by atoms with Gasteiger partial charge in [-0.15, -0.1) is 0 Å². The van der Waals surface area contributed by atoms with Gasteiger partial charge < -0.3 is 19.5 Å². The van der Waals surface area contributed by atoms with Crippen LogP contribution in [0.1, 0.15) is 37.2 Å². The molecule has 37 heavy (non-hydrogen) atoms.